The summed E-state index contributed by atoms with van der Waals surface area (Å²) in [6, 6.07) is 0. The number of hydrogen-bond donors (Lipinski definition) is 0. The van der Waals surface area contributed by atoms with Gasteiger partial charge < -0.3 is 4.90 Å². The zero-order valence-electron chi connectivity index (χ0n) is 11.1. The molecule has 0 saturated carbocycles. The number of rotatable bonds is 6. The van der Waals surface area contributed by atoms with Gasteiger partial charge in [0.2, 0.25) is 5.95 Å². The van der Waals surface area contributed by atoms with Crippen LogP contribution < -0.4 is 4.90 Å². The molecule has 1 unspecified atom stereocenters. The zero-order chi connectivity index (χ0) is 12.8. The minimum atomic E-state index is 0.172. The van der Waals surface area contributed by atoms with Gasteiger partial charge in [0.1, 0.15) is 0 Å². The van der Waals surface area contributed by atoms with Crippen LogP contribution in [0.4, 0.5) is 5.95 Å². The third-order valence-electron chi connectivity index (χ3n) is 2.70. The number of aryl methyl sites for hydroxylation is 2. The monoisotopic (exact) mass is 256 g/mol. The van der Waals surface area contributed by atoms with Crippen molar-refractivity contribution in [2.45, 2.75) is 45.4 Å². The predicted molar refractivity (Wildman–Crippen MR) is 71.8 cm³/mol. The molecule has 1 heterocycles. The van der Waals surface area contributed by atoms with Crippen molar-refractivity contribution in [3.63, 3.8) is 0 Å². The second kappa shape index (κ2) is 6.74. The zero-order valence-corrected chi connectivity index (χ0v) is 11.8. The lowest BCUT2D eigenvalue weighted by atomic mass is 10.2. The summed E-state index contributed by atoms with van der Waals surface area (Å²) in [5, 5.41) is 8.56. The van der Waals surface area contributed by atoms with Crippen molar-refractivity contribution in [3.8, 4) is 0 Å². The van der Waals surface area contributed by atoms with Crippen LogP contribution in [0.5, 0.6) is 0 Å². The van der Waals surface area contributed by atoms with E-state index in [1.54, 1.807) is 0 Å². The van der Waals surface area contributed by atoms with Crippen LogP contribution in [0.2, 0.25) is 0 Å². The average Bonchev–Trinajstić information content (AvgIpc) is 2.34. The maximum Gasteiger partial charge on any atom is 0.245 e. The molecule has 0 aliphatic heterocycles. The van der Waals surface area contributed by atoms with Crippen molar-refractivity contribution >= 4 is 17.5 Å². The number of hydrogen-bond acceptors (Lipinski definition) is 4. The second-order valence-corrected chi connectivity index (χ2v) is 4.95. The van der Waals surface area contributed by atoms with E-state index >= 15 is 0 Å². The predicted octanol–water partition coefficient (Wildman–Crippen LogP) is 2.45. The standard InChI is InChI=1S/C12H21ClN4/c1-5-10-11(6-2)15-16-12(14-10)17(4)8-7-9(3)13/h9H,5-8H2,1-4H3. The van der Waals surface area contributed by atoms with Crippen LogP contribution >= 0.6 is 11.6 Å². The third-order valence-corrected chi connectivity index (χ3v) is 2.92. The smallest absolute Gasteiger partial charge is 0.245 e. The average molecular weight is 257 g/mol. The Morgan fingerprint density at radius 1 is 1.18 bits per heavy atom. The topological polar surface area (TPSA) is 41.9 Å². The largest absolute Gasteiger partial charge is 0.343 e. The Balaban J connectivity index is 2.77. The van der Waals surface area contributed by atoms with Crippen LogP contribution in [0.3, 0.4) is 0 Å². The Morgan fingerprint density at radius 3 is 2.35 bits per heavy atom. The summed E-state index contributed by atoms with van der Waals surface area (Å²) in [5.41, 5.74) is 2.04. The molecule has 0 aliphatic rings. The van der Waals surface area contributed by atoms with Gasteiger partial charge in [-0.1, -0.05) is 13.8 Å². The van der Waals surface area contributed by atoms with Gasteiger partial charge in [-0.05, 0) is 26.2 Å². The summed E-state index contributed by atoms with van der Waals surface area (Å²) in [7, 11) is 1.97. The number of aromatic nitrogens is 3. The number of alkyl halides is 1. The van der Waals surface area contributed by atoms with Gasteiger partial charge in [-0.15, -0.1) is 16.7 Å². The van der Waals surface area contributed by atoms with Gasteiger partial charge in [0.25, 0.3) is 0 Å². The molecule has 1 aromatic heterocycles. The highest BCUT2D eigenvalue weighted by atomic mass is 35.5. The first-order valence-corrected chi connectivity index (χ1v) is 6.59. The first-order valence-electron chi connectivity index (χ1n) is 6.16. The second-order valence-electron chi connectivity index (χ2n) is 4.20. The molecule has 0 saturated heterocycles. The van der Waals surface area contributed by atoms with E-state index in [1.807, 2.05) is 18.9 Å². The van der Waals surface area contributed by atoms with Crippen molar-refractivity contribution in [3.05, 3.63) is 11.4 Å². The molecule has 0 bridgehead atoms. The lowest BCUT2D eigenvalue weighted by Crippen LogP contribution is -2.24. The summed E-state index contributed by atoms with van der Waals surface area (Å²) in [6.45, 7) is 7.00. The van der Waals surface area contributed by atoms with Crippen molar-refractivity contribution in [2.24, 2.45) is 0 Å². The number of halogens is 1. The van der Waals surface area contributed by atoms with Gasteiger partial charge in [-0.25, -0.2) is 4.98 Å². The first-order chi connectivity index (χ1) is 8.08. The summed E-state index contributed by atoms with van der Waals surface area (Å²) in [6.07, 6.45) is 2.69. The molecule has 96 valence electrons. The quantitative estimate of drug-likeness (QED) is 0.734. The number of anilines is 1. The Bertz CT molecular complexity index is 354. The van der Waals surface area contributed by atoms with Gasteiger partial charge in [-0.3, -0.25) is 0 Å². The van der Waals surface area contributed by atoms with Crippen LogP contribution in [0.15, 0.2) is 0 Å². The molecule has 17 heavy (non-hydrogen) atoms. The van der Waals surface area contributed by atoms with Crippen LogP contribution in [0, 0.1) is 0 Å². The maximum absolute atomic E-state index is 5.93. The van der Waals surface area contributed by atoms with Gasteiger partial charge >= 0.3 is 0 Å². The molecule has 4 nitrogen and oxygen atoms in total. The fourth-order valence-corrected chi connectivity index (χ4v) is 1.66. The summed E-state index contributed by atoms with van der Waals surface area (Å²) in [5.74, 6) is 0.691. The minimum absolute atomic E-state index is 0.172. The van der Waals surface area contributed by atoms with Crippen molar-refractivity contribution < 1.29 is 0 Å². The molecule has 1 atom stereocenters. The first kappa shape index (κ1) is 14.2. The Kier molecular flexibility index (Phi) is 5.62. The maximum atomic E-state index is 5.93. The highest BCUT2D eigenvalue weighted by molar-refractivity contribution is 6.20. The lowest BCUT2D eigenvalue weighted by molar-refractivity contribution is 0.728. The molecule has 1 rings (SSSR count). The van der Waals surface area contributed by atoms with E-state index in [0.29, 0.717) is 5.95 Å². The molecule has 1 aromatic rings. The SMILES string of the molecule is CCc1nnc(N(C)CCC(C)Cl)nc1CC. The molecule has 0 radical (unpaired) electrons. The number of nitrogens with zero attached hydrogens (tertiary/aromatic N) is 4. The summed E-state index contributed by atoms with van der Waals surface area (Å²) < 4.78 is 0. The fraction of sp³-hybridized carbons (Fsp3) is 0.750. The van der Waals surface area contributed by atoms with E-state index in [-0.39, 0.29) is 5.38 Å². The van der Waals surface area contributed by atoms with Gasteiger partial charge in [0, 0.05) is 19.0 Å². The molecule has 0 aromatic carbocycles. The van der Waals surface area contributed by atoms with Crippen LogP contribution in [0.1, 0.15) is 38.6 Å². The summed E-state index contributed by atoms with van der Waals surface area (Å²) in [4.78, 5) is 6.55. The molecule has 0 spiro atoms. The van der Waals surface area contributed by atoms with E-state index in [9.17, 15) is 0 Å². The summed E-state index contributed by atoms with van der Waals surface area (Å²) >= 11 is 5.93. The Hall–Kier alpha value is -0.900. The van der Waals surface area contributed by atoms with E-state index in [2.05, 4.69) is 29.0 Å². The van der Waals surface area contributed by atoms with E-state index in [0.717, 1.165) is 37.2 Å². The van der Waals surface area contributed by atoms with Gasteiger partial charge in [-0.2, -0.15) is 5.10 Å². The molecular weight excluding hydrogens is 236 g/mol. The molecule has 0 fully saturated rings. The normalized spacial score (nSPS) is 12.5. The minimum Gasteiger partial charge on any atom is -0.343 e. The van der Waals surface area contributed by atoms with E-state index in [4.69, 9.17) is 11.6 Å². The van der Waals surface area contributed by atoms with Crippen LogP contribution in [-0.2, 0) is 12.8 Å². The molecular formula is C12H21ClN4. The molecule has 5 heteroatoms. The van der Waals surface area contributed by atoms with Crippen molar-refractivity contribution in [1.29, 1.82) is 0 Å². The molecule has 0 aliphatic carbocycles. The van der Waals surface area contributed by atoms with E-state index in [1.165, 1.54) is 0 Å². The third kappa shape index (κ3) is 4.11. The van der Waals surface area contributed by atoms with Crippen LogP contribution in [0.25, 0.3) is 0 Å². The van der Waals surface area contributed by atoms with Gasteiger partial charge in [0.05, 0.1) is 11.4 Å². The van der Waals surface area contributed by atoms with Gasteiger partial charge in [0.15, 0.2) is 0 Å². The fourth-order valence-electron chi connectivity index (χ4n) is 1.56. The van der Waals surface area contributed by atoms with Crippen LogP contribution in [-0.4, -0.2) is 34.2 Å². The highest BCUT2D eigenvalue weighted by Gasteiger charge is 2.10. The van der Waals surface area contributed by atoms with E-state index < -0.39 is 0 Å². The molecule has 0 N–H and O–H groups in total. The van der Waals surface area contributed by atoms with Crippen molar-refractivity contribution in [1.82, 2.24) is 15.2 Å². The Labute approximate surface area is 108 Å². The lowest BCUT2D eigenvalue weighted by Gasteiger charge is -2.18. The Morgan fingerprint density at radius 2 is 1.82 bits per heavy atom. The highest BCUT2D eigenvalue weighted by Crippen LogP contribution is 2.11. The molecule has 0 amide bonds. The van der Waals surface area contributed by atoms with Crippen molar-refractivity contribution in [2.75, 3.05) is 18.5 Å².